The van der Waals surface area contributed by atoms with E-state index in [9.17, 15) is 9.90 Å². The first-order valence-corrected chi connectivity index (χ1v) is 5.42. The van der Waals surface area contributed by atoms with E-state index in [2.05, 4.69) is 5.73 Å². The second-order valence-electron chi connectivity index (χ2n) is 3.58. The van der Waals surface area contributed by atoms with Crippen LogP contribution < -0.4 is 20.3 Å². The van der Waals surface area contributed by atoms with Gasteiger partial charge in [0.05, 0.1) is 19.3 Å². The summed E-state index contributed by atoms with van der Waals surface area (Å²) in [5.41, 5.74) is 4.53. The maximum atomic E-state index is 10.6. The van der Waals surface area contributed by atoms with Crippen molar-refractivity contribution in [3.05, 3.63) is 23.8 Å². The lowest BCUT2D eigenvalue weighted by molar-refractivity contribution is -0.430. The van der Waals surface area contributed by atoms with Crippen molar-refractivity contribution < 1.29 is 25.1 Å². The first-order chi connectivity index (χ1) is 8.10. The van der Waals surface area contributed by atoms with E-state index in [0.717, 1.165) is 5.56 Å². The largest absolute Gasteiger partial charge is 0.550 e. The summed E-state index contributed by atoms with van der Waals surface area (Å²) in [5.74, 6) is 0.00497. The molecule has 94 valence electrons. The lowest BCUT2D eigenvalue weighted by Crippen LogP contribution is -2.55. The Hall–Kier alpha value is -1.75. The zero-order valence-corrected chi connectivity index (χ0v) is 10.1. The maximum absolute atomic E-state index is 10.6. The van der Waals surface area contributed by atoms with E-state index in [4.69, 9.17) is 9.47 Å². The highest BCUT2D eigenvalue weighted by Gasteiger charge is 2.19. The van der Waals surface area contributed by atoms with Gasteiger partial charge in [-0.1, -0.05) is 6.07 Å². The van der Waals surface area contributed by atoms with Gasteiger partial charge in [0.15, 0.2) is 11.5 Å². The third-order valence-corrected chi connectivity index (χ3v) is 2.37. The average Bonchev–Trinajstić information content (AvgIpc) is 2.28. The van der Waals surface area contributed by atoms with Crippen molar-refractivity contribution in [3.8, 4) is 11.5 Å². The third kappa shape index (κ3) is 3.35. The first-order valence-electron chi connectivity index (χ1n) is 5.42. The van der Waals surface area contributed by atoms with Gasteiger partial charge < -0.3 is 25.1 Å². The third-order valence-electron chi connectivity index (χ3n) is 2.37. The number of quaternary nitrogens is 1. The number of para-hydroxylation sites is 1. The highest BCUT2D eigenvalue weighted by atomic mass is 16.5. The van der Waals surface area contributed by atoms with Crippen LogP contribution in [0.25, 0.3) is 0 Å². The van der Waals surface area contributed by atoms with E-state index in [1.807, 2.05) is 6.92 Å². The molecule has 0 saturated heterocycles. The molecule has 5 heteroatoms. The topological polar surface area (TPSA) is 86.2 Å². The van der Waals surface area contributed by atoms with Gasteiger partial charge in [-0.2, -0.15) is 0 Å². The number of carbonyl (C=O) groups excluding carboxylic acids is 1. The number of rotatable bonds is 6. The molecule has 0 aromatic heterocycles. The SMILES string of the molecule is CCOc1c(OC)cccc1[C@H]([NH3+])CC(=O)[O-]. The highest BCUT2D eigenvalue weighted by molar-refractivity contribution is 5.65. The summed E-state index contributed by atoms with van der Waals surface area (Å²) < 4.78 is 10.7. The maximum Gasteiger partial charge on any atom is 0.170 e. The van der Waals surface area contributed by atoms with E-state index in [0.29, 0.717) is 18.1 Å². The molecule has 0 saturated carbocycles. The van der Waals surface area contributed by atoms with Crippen LogP contribution in [0.4, 0.5) is 0 Å². The van der Waals surface area contributed by atoms with Crippen molar-refractivity contribution in [1.82, 2.24) is 0 Å². The second kappa shape index (κ2) is 6.10. The van der Waals surface area contributed by atoms with Crippen LogP contribution in [-0.4, -0.2) is 19.7 Å². The van der Waals surface area contributed by atoms with Crippen molar-refractivity contribution in [1.29, 1.82) is 0 Å². The van der Waals surface area contributed by atoms with Gasteiger partial charge in [-0.3, -0.25) is 0 Å². The Morgan fingerprint density at radius 2 is 2.24 bits per heavy atom. The molecule has 0 aliphatic heterocycles. The molecule has 1 atom stereocenters. The van der Waals surface area contributed by atoms with Crippen LogP contribution in [-0.2, 0) is 4.79 Å². The summed E-state index contributed by atoms with van der Waals surface area (Å²) in [6.45, 7) is 2.33. The van der Waals surface area contributed by atoms with Gasteiger partial charge in [-0.15, -0.1) is 0 Å². The lowest BCUT2D eigenvalue weighted by atomic mass is 10.0. The second-order valence-corrected chi connectivity index (χ2v) is 3.58. The van der Waals surface area contributed by atoms with Crippen LogP contribution in [0.5, 0.6) is 11.5 Å². The predicted molar refractivity (Wildman–Crippen MR) is 59.4 cm³/mol. The zero-order chi connectivity index (χ0) is 12.8. The van der Waals surface area contributed by atoms with Crippen LogP contribution in [0, 0.1) is 0 Å². The quantitative estimate of drug-likeness (QED) is 0.726. The Morgan fingerprint density at radius 1 is 1.53 bits per heavy atom. The normalized spacial score (nSPS) is 11.9. The number of carbonyl (C=O) groups is 1. The van der Waals surface area contributed by atoms with Crippen LogP contribution >= 0.6 is 0 Å². The molecule has 1 aromatic rings. The van der Waals surface area contributed by atoms with Gasteiger partial charge in [-0.05, 0) is 19.1 Å². The standard InChI is InChI=1S/C12H17NO4/c1-3-17-12-8(9(13)7-11(14)15)5-4-6-10(12)16-2/h4-6,9H,3,7,13H2,1-2H3,(H,14,15)/t9-/m1/s1. The molecule has 0 aliphatic rings. The van der Waals surface area contributed by atoms with Gasteiger partial charge in [0.2, 0.25) is 0 Å². The molecule has 0 spiro atoms. The number of aliphatic carboxylic acids is 1. The lowest BCUT2D eigenvalue weighted by Gasteiger charge is -2.17. The molecule has 17 heavy (non-hydrogen) atoms. The average molecular weight is 239 g/mol. The molecular weight excluding hydrogens is 222 g/mol. The van der Waals surface area contributed by atoms with Crippen molar-refractivity contribution >= 4 is 5.97 Å². The number of carboxylic acid groups (broad SMARTS) is 1. The Labute approximate surface area is 100 Å². The predicted octanol–water partition coefficient (Wildman–Crippen LogP) is -0.483. The Balaban J connectivity index is 3.08. The molecule has 0 bridgehead atoms. The van der Waals surface area contributed by atoms with E-state index in [-0.39, 0.29) is 6.42 Å². The first kappa shape index (κ1) is 13.3. The van der Waals surface area contributed by atoms with E-state index >= 15 is 0 Å². The number of ether oxygens (including phenoxy) is 2. The number of hydrogen-bond donors (Lipinski definition) is 1. The monoisotopic (exact) mass is 239 g/mol. The van der Waals surface area contributed by atoms with Crippen molar-refractivity contribution in [2.75, 3.05) is 13.7 Å². The molecule has 0 aliphatic carbocycles. The molecule has 0 unspecified atom stereocenters. The molecule has 0 heterocycles. The van der Waals surface area contributed by atoms with Gasteiger partial charge in [-0.25, -0.2) is 0 Å². The fraction of sp³-hybridized carbons (Fsp3) is 0.417. The van der Waals surface area contributed by atoms with Gasteiger partial charge in [0.25, 0.3) is 0 Å². The molecular formula is C12H17NO4. The van der Waals surface area contributed by atoms with Crippen LogP contribution in [0.3, 0.4) is 0 Å². The van der Waals surface area contributed by atoms with Crippen LogP contribution in [0.15, 0.2) is 18.2 Å². The fourth-order valence-corrected chi connectivity index (χ4v) is 1.62. The van der Waals surface area contributed by atoms with Crippen molar-refractivity contribution in [3.63, 3.8) is 0 Å². The zero-order valence-electron chi connectivity index (χ0n) is 10.1. The minimum absolute atomic E-state index is 0.146. The smallest absolute Gasteiger partial charge is 0.170 e. The van der Waals surface area contributed by atoms with Crippen LogP contribution in [0.1, 0.15) is 24.9 Å². The number of benzene rings is 1. The van der Waals surface area contributed by atoms with E-state index in [1.165, 1.54) is 0 Å². The molecule has 5 nitrogen and oxygen atoms in total. The number of methoxy groups -OCH3 is 1. The summed E-state index contributed by atoms with van der Waals surface area (Å²) in [5, 5.41) is 10.6. The van der Waals surface area contributed by atoms with Gasteiger partial charge in [0, 0.05) is 12.4 Å². The number of carboxylic acids is 1. The van der Waals surface area contributed by atoms with Crippen molar-refractivity contribution in [2.24, 2.45) is 0 Å². The Kier molecular flexibility index (Phi) is 4.78. The fourth-order valence-electron chi connectivity index (χ4n) is 1.62. The molecule has 1 rings (SSSR count). The summed E-state index contributed by atoms with van der Waals surface area (Å²) in [6.07, 6.45) is -0.146. The molecule has 0 fully saturated rings. The Morgan fingerprint density at radius 3 is 2.76 bits per heavy atom. The minimum Gasteiger partial charge on any atom is -0.550 e. The summed E-state index contributed by atoms with van der Waals surface area (Å²) in [6, 6.07) is 4.91. The summed E-state index contributed by atoms with van der Waals surface area (Å²) in [4.78, 5) is 10.6. The van der Waals surface area contributed by atoms with Gasteiger partial charge >= 0.3 is 0 Å². The minimum atomic E-state index is -1.13. The Bertz CT molecular complexity index is 392. The van der Waals surface area contributed by atoms with E-state index < -0.39 is 12.0 Å². The summed E-state index contributed by atoms with van der Waals surface area (Å²) in [7, 11) is 1.54. The molecule has 1 aromatic carbocycles. The van der Waals surface area contributed by atoms with Gasteiger partial charge in [0.1, 0.15) is 6.04 Å². The molecule has 0 amide bonds. The number of hydrogen-bond acceptors (Lipinski definition) is 4. The van der Waals surface area contributed by atoms with Crippen molar-refractivity contribution in [2.45, 2.75) is 19.4 Å². The van der Waals surface area contributed by atoms with E-state index in [1.54, 1.807) is 25.3 Å². The summed E-state index contributed by atoms with van der Waals surface area (Å²) >= 11 is 0. The highest BCUT2D eigenvalue weighted by Crippen LogP contribution is 2.34. The molecule has 3 N–H and O–H groups in total. The van der Waals surface area contributed by atoms with Crippen LogP contribution in [0.2, 0.25) is 0 Å². The molecule has 0 radical (unpaired) electrons.